The zero-order valence-corrected chi connectivity index (χ0v) is 12.2. The molecule has 1 aromatic rings. The molecule has 1 aromatic carbocycles. The molecule has 0 spiro atoms. The van der Waals surface area contributed by atoms with Gasteiger partial charge >= 0.3 is 5.97 Å². The molecule has 0 amide bonds. The summed E-state index contributed by atoms with van der Waals surface area (Å²) in [4.78, 5) is 22.3. The van der Waals surface area contributed by atoms with E-state index in [1.165, 1.54) is 25.1 Å². The highest BCUT2D eigenvalue weighted by atomic mass is 32.2. The van der Waals surface area contributed by atoms with Gasteiger partial charge in [0.1, 0.15) is 0 Å². The van der Waals surface area contributed by atoms with E-state index in [9.17, 15) is 18.0 Å². The number of carboxylic acid groups (broad SMARTS) is 1. The van der Waals surface area contributed by atoms with Crippen molar-refractivity contribution in [1.82, 2.24) is 0 Å². The number of anilines is 1. The average Bonchev–Trinajstić information content (AvgIpc) is 2.35. The van der Waals surface area contributed by atoms with Crippen molar-refractivity contribution in [2.45, 2.75) is 26.7 Å². The van der Waals surface area contributed by atoms with Crippen LogP contribution in [0.25, 0.3) is 0 Å². The predicted molar refractivity (Wildman–Crippen MR) is 75.7 cm³/mol. The van der Waals surface area contributed by atoms with E-state index in [-0.39, 0.29) is 28.4 Å². The third-order valence-corrected chi connectivity index (χ3v) is 4.00. The zero-order chi connectivity index (χ0) is 15.3. The summed E-state index contributed by atoms with van der Waals surface area (Å²) in [6.45, 7) is 3.16. The minimum absolute atomic E-state index is 0.0454. The first-order valence-corrected chi connectivity index (χ1v) is 7.80. The monoisotopic (exact) mass is 299 g/mol. The van der Waals surface area contributed by atoms with E-state index in [1.54, 1.807) is 0 Å². The van der Waals surface area contributed by atoms with Gasteiger partial charge < -0.3 is 5.11 Å². The van der Waals surface area contributed by atoms with E-state index in [4.69, 9.17) is 5.11 Å². The predicted octanol–water partition coefficient (Wildman–Crippen LogP) is 2.13. The highest BCUT2D eigenvalue weighted by molar-refractivity contribution is 7.92. The van der Waals surface area contributed by atoms with Gasteiger partial charge in [0.2, 0.25) is 10.0 Å². The Morgan fingerprint density at radius 1 is 1.20 bits per heavy atom. The Labute approximate surface area is 117 Å². The molecule has 0 heterocycles. The second kappa shape index (κ2) is 6.51. The van der Waals surface area contributed by atoms with Crippen molar-refractivity contribution in [3.8, 4) is 0 Å². The van der Waals surface area contributed by atoms with Crippen LogP contribution < -0.4 is 4.72 Å². The van der Waals surface area contributed by atoms with Crippen LogP contribution in [0.1, 0.15) is 47.4 Å². The van der Waals surface area contributed by atoms with Gasteiger partial charge in [-0.25, -0.2) is 13.2 Å². The number of aromatic carboxylic acids is 1. The lowest BCUT2D eigenvalue weighted by Crippen LogP contribution is -2.17. The summed E-state index contributed by atoms with van der Waals surface area (Å²) in [6, 6.07) is 3.74. The van der Waals surface area contributed by atoms with Crippen LogP contribution in [-0.2, 0) is 10.0 Å². The topological polar surface area (TPSA) is 101 Å². The quantitative estimate of drug-likeness (QED) is 0.751. The fourth-order valence-corrected chi connectivity index (χ4v) is 2.83. The molecule has 0 aromatic heterocycles. The maximum Gasteiger partial charge on any atom is 0.335 e. The van der Waals surface area contributed by atoms with Gasteiger partial charge in [-0.05, 0) is 31.5 Å². The number of unbranched alkanes of at least 4 members (excludes halogenated alkanes) is 1. The summed E-state index contributed by atoms with van der Waals surface area (Å²) in [5, 5.41) is 8.97. The van der Waals surface area contributed by atoms with Crippen molar-refractivity contribution < 1.29 is 23.1 Å². The first kappa shape index (κ1) is 16.2. The molecule has 0 fully saturated rings. The minimum Gasteiger partial charge on any atom is -0.478 e. The Morgan fingerprint density at radius 2 is 1.80 bits per heavy atom. The number of sulfonamides is 1. The van der Waals surface area contributed by atoms with Crippen molar-refractivity contribution in [1.29, 1.82) is 0 Å². The van der Waals surface area contributed by atoms with Gasteiger partial charge in [-0.1, -0.05) is 13.3 Å². The van der Waals surface area contributed by atoms with E-state index in [0.717, 1.165) is 6.42 Å². The minimum atomic E-state index is -3.54. The molecule has 0 aliphatic heterocycles. The van der Waals surface area contributed by atoms with Crippen LogP contribution in [0.15, 0.2) is 18.2 Å². The van der Waals surface area contributed by atoms with Crippen LogP contribution in [0, 0.1) is 0 Å². The molecule has 6 nitrogen and oxygen atoms in total. The largest absolute Gasteiger partial charge is 0.478 e. The molecule has 0 radical (unpaired) electrons. The molecule has 0 atom stereocenters. The van der Waals surface area contributed by atoms with Gasteiger partial charge in [-0.2, -0.15) is 0 Å². The number of carbonyl (C=O) groups is 2. The van der Waals surface area contributed by atoms with Crippen LogP contribution in [0.4, 0.5) is 5.69 Å². The van der Waals surface area contributed by atoms with Gasteiger partial charge in [-0.3, -0.25) is 9.52 Å². The fourth-order valence-electron chi connectivity index (χ4n) is 1.58. The summed E-state index contributed by atoms with van der Waals surface area (Å²) in [5.74, 6) is -1.60. The van der Waals surface area contributed by atoms with E-state index in [0.29, 0.717) is 6.42 Å². The number of carboxylic acids is 1. The lowest BCUT2D eigenvalue weighted by atomic mass is 10.1. The van der Waals surface area contributed by atoms with E-state index >= 15 is 0 Å². The zero-order valence-electron chi connectivity index (χ0n) is 11.3. The number of Topliss-reactive ketones (excluding diaryl/α,β-unsaturated/α-hetero) is 1. The smallest absolute Gasteiger partial charge is 0.335 e. The van der Waals surface area contributed by atoms with E-state index < -0.39 is 16.0 Å². The van der Waals surface area contributed by atoms with Crippen LogP contribution in [0.5, 0.6) is 0 Å². The fraction of sp³-hybridized carbons (Fsp3) is 0.385. The first-order chi connectivity index (χ1) is 9.25. The van der Waals surface area contributed by atoms with Crippen LogP contribution in [0.2, 0.25) is 0 Å². The van der Waals surface area contributed by atoms with E-state index in [1.807, 2.05) is 6.92 Å². The van der Waals surface area contributed by atoms with Gasteiger partial charge in [-0.15, -0.1) is 0 Å². The molecule has 0 saturated heterocycles. The maximum absolute atomic E-state index is 11.8. The molecule has 0 aliphatic carbocycles. The Bertz CT molecular complexity index is 589. The highest BCUT2D eigenvalue weighted by Crippen LogP contribution is 2.17. The molecule has 0 saturated carbocycles. The summed E-state index contributed by atoms with van der Waals surface area (Å²) in [5.41, 5.74) is 0.107. The average molecular weight is 299 g/mol. The summed E-state index contributed by atoms with van der Waals surface area (Å²) in [6.07, 6.45) is 1.24. The number of carbonyl (C=O) groups excluding carboxylic acids is 1. The Balaban J connectivity index is 3.11. The summed E-state index contributed by atoms with van der Waals surface area (Å²) >= 11 is 0. The normalized spacial score (nSPS) is 11.1. The van der Waals surface area contributed by atoms with Crippen LogP contribution >= 0.6 is 0 Å². The SMILES string of the molecule is CCCCS(=O)(=O)Nc1cc(C(C)=O)cc(C(=O)O)c1. The Morgan fingerprint density at radius 3 is 2.30 bits per heavy atom. The van der Waals surface area contributed by atoms with Gasteiger partial charge in [0.25, 0.3) is 0 Å². The first-order valence-electron chi connectivity index (χ1n) is 6.15. The lowest BCUT2D eigenvalue weighted by Gasteiger charge is -2.09. The molecule has 1 rings (SSSR count). The highest BCUT2D eigenvalue weighted by Gasteiger charge is 2.14. The second-order valence-corrected chi connectivity index (χ2v) is 6.28. The molecule has 2 N–H and O–H groups in total. The molecule has 0 aliphatic rings. The van der Waals surface area contributed by atoms with Gasteiger partial charge in [0.05, 0.1) is 17.0 Å². The Kier molecular flexibility index (Phi) is 5.26. The standard InChI is InChI=1S/C13H17NO5S/c1-3-4-5-20(18,19)14-12-7-10(9(2)15)6-11(8-12)13(16)17/h6-8,14H,3-5H2,1-2H3,(H,16,17). The summed E-state index contributed by atoms with van der Waals surface area (Å²) in [7, 11) is -3.54. The van der Waals surface area contributed by atoms with Gasteiger partial charge in [0, 0.05) is 5.56 Å². The second-order valence-electron chi connectivity index (χ2n) is 4.43. The van der Waals surface area contributed by atoms with Crippen LogP contribution in [0.3, 0.4) is 0 Å². The third-order valence-electron chi connectivity index (χ3n) is 2.63. The number of hydrogen-bond donors (Lipinski definition) is 2. The van der Waals surface area contributed by atoms with Crippen molar-refractivity contribution >= 4 is 27.5 Å². The number of nitrogens with one attached hydrogen (secondary N) is 1. The number of benzene rings is 1. The molecule has 7 heteroatoms. The molecular weight excluding hydrogens is 282 g/mol. The van der Waals surface area contributed by atoms with Crippen LogP contribution in [-0.4, -0.2) is 31.0 Å². The third kappa shape index (κ3) is 4.65. The van der Waals surface area contributed by atoms with Crippen molar-refractivity contribution in [3.05, 3.63) is 29.3 Å². The molecular formula is C13H17NO5S. The van der Waals surface area contributed by atoms with Crippen molar-refractivity contribution in [3.63, 3.8) is 0 Å². The van der Waals surface area contributed by atoms with E-state index in [2.05, 4.69) is 4.72 Å². The molecule has 0 bridgehead atoms. The van der Waals surface area contributed by atoms with Gasteiger partial charge in [0.15, 0.2) is 5.78 Å². The Hall–Kier alpha value is -1.89. The number of ketones is 1. The molecule has 0 unspecified atom stereocenters. The summed E-state index contributed by atoms with van der Waals surface area (Å²) < 4.78 is 25.9. The van der Waals surface area contributed by atoms with Crippen molar-refractivity contribution in [2.24, 2.45) is 0 Å². The lowest BCUT2D eigenvalue weighted by molar-refractivity contribution is 0.0697. The van der Waals surface area contributed by atoms with Crippen molar-refractivity contribution in [2.75, 3.05) is 10.5 Å². The maximum atomic E-state index is 11.8. The number of hydrogen-bond acceptors (Lipinski definition) is 4. The number of rotatable bonds is 7. The molecule has 20 heavy (non-hydrogen) atoms. The molecule has 110 valence electrons.